The minimum atomic E-state index is 0.551. The van der Waals surface area contributed by atoms with E-state index in [2.05, 4.69) is 11.1 Å². The first-order valence-corrected chi connectivity index (χ1v) is 5.88. The molecule has 0 unspecified atom stereocenters. The van der Waals surface area contributed by atoms with Crippen molar-refractivity contribution in [1.29, 1.82) is 5.26 Å². The lowest BCUT2D eigenvalue weighted by atomic mass is 10.2. The Kier molecular flexibility index (Phi) is 5.40. The van der Waals surface area contributed by atoms with Gasteiger partial charge in [-0.1, -0.05) is 19.9 Å². The Morgan fingerprint density at radius 1 is 1.06 bits per heavy atom. The second-order valence-corrected chi connectivity index (χ2v) is 3.41. The van der Waals surface area contributed by atoms with Crippen LogP contribution in [0.25, 0.3) is 0 Å². The van der Waals surface area contributed by atoms with Crippen LogP contribution in [0.3, 0.4) is 0 Å². The van der Waals surface area contributed by atoms with Gasteiger partial charge in [-0.15, -0.1) is 0 Å². The van der Waals surface area contributed by atoms with Gasteiger partial charge < -0.3 is 4.74 Å². The number of benzene rings is 1. The lowest BCUT2D eigenvalue weighted by Crippen LogP contribution is -1.87. The van der Waals surface area contributed by atoms with Gasteiger partial charge in [0.2, 0.25) is 5.88 Å². The zero-order valence-corrected chi connectivity index (χ0v) is 10.8. The van der Waals surface area contributed by atoms with Crippen molar-refractivity contribution in [3.63, 3.8) is 0 Å². The fourth-order valence-corrected chi connectivity index (χ4v) is 1.23. The molecule has 2 rings (SSSR count). The van der Waals surface area contributed by atoms with Gasteiger partial charge in [0.1, 0.15) is 5.75 Å². The molecule has 0 fully saturated rings. The molecule has 3 heteroatoms. The predicted molar refractivity (Wildman–Crippen MR) is 71.6 cm³/mol. The molecular weight excluding hydrogens is 224 g/mol. The minimum absolute atomic E-state index is 0.551. The summed E-state index contributed by atoms with van der Waals surface area (Å²) in [4.78, 5) is 4.13. The summed E-state index contributed by atoms with van der Waals surface area (Å²) in [6.07, 6.45) is 1.75. The van der Waals surface area contributed by atoms with Crippen LogP contribution in [0.5, 0.6) is 11.6 Å². The van der Waals surface area contributed by atoms with Crippen molar-refractivity contribution in [2.45, 2.75) is 20.8 Å². The predicted octanol–water partition coefficient (Wildman–Crippen LogP) is 4.08. The average Bonchev–Trinajstić information content (AvgIpc) is 2.44. The van der Waals surface area contributed by atoms with Gasteiger partial charge in [0, 0.05) is 12.3 Å². The van der Waals surface area contributed by atoms with E-state index in [9.17, 15) is 0 Å². The molecular formula is C15H16N2O. The van der Waals surface area contributed by atoms with E-state index in [-0.39, 0.29) is 0 Å². The number of aromatic nitrogens is 1. The van der Waals surface area contributed by atoms with E-state index < -0.39 is 0 Å². The van der Waals surface area contributed by atoms with Crippen molar-refractivity contribution >= 4 is 0 Å². The summed E-state index contributed by atoms with van der Waals surface area (Å²) in [5.74, 6) is 1.23. The van der Waals surface area contributed by atoms with Crippen LogP contribution < -0.4 is 4.74 Å². The van der Waals surface area contributed by atoms with E-state index in [1.807, 2.05) is 32.9 Å². The molecule has 1 aromatic heterocycles. The molecule has 0 saturated heterocycles. The Morgan fingerprint density at radius 3 is 2.22 bits per heavy atom. The van der Waals surface area contributed by atoms with Crippen molar-refractivity contribution in [2.75, 3.05) is 0 Å². The van der Waals surface area contributed by atoms with Gasteiger partial charge in [-0.3, -0.25) is 0 Å². The molecule has 1 aromatic carbocycles. The number of hydrogen-bond donors (Lipinski definition) is 0. The minimum Gasteiger partial charge on any atom is -0.439 e. The number of nitriles is 1. The number of rotatable bonds is 2. The number of nitrogens with zero attached hydrogens (tertiary/aromatic N) is 2. The molecule has 0 amide bonds. The maximum Gasteiger partial charge on any atom is 0.219 e. The maximum atomic E-state index is 8.65. The Bertz CT molecular complexity index is 510. The lowest BCUT2D eigenvalue weighted by Gasteiger charge is -2.04. The summed E-state index contributed by atoms with van der Waals surface area (Å²) >= 11 is 0. The molecule has 0 atom stereocenters. The van der Waals surface area contributed by atoms with Crippen LogP contribution in [0.1, 0.15) is 25.0 Å². The molecule has 0 aliphatic rings. The molecule has 18 heavy (non-hydrogen) atoms. The van der Waals surface area contributed by atoms with Gasteiger partial charge in [0.15, 0.2) is 0 Å². The first kappa shape index (κ1) is 13.7. The number of pyridine rings is 1. The van der Waals surface area contributed by atoms with Crippen LogP contribution in [0.15, 0.2) is 42.6 Å². The van der Waals surface area contributed by atoms with Crippen LogP contribution in [0, 0.1) is 18.3 Å². The van der Waals surface area contributed by atoms with Gasteiger partial charge in [-0.2, -0.15) is 5.26 Å². The Balaban J connectivity index is 0.000000771. The van der Waals surface area contributed by atoms with E-state index in [0.717, 1.165) is 5.56 Å². The largest absolute Gasteiger partial charge is 0.439 e. The highest BCUT2D eigenvalue weighted by atomic mass is 16.5. The Morgan fingerprint density at radius 2 is 1.72 bits per heavy atom. The molecule has 3 nitrogen and oxygen atoms in total. The van der Waals surface area contributed by atoms with Crippen LogP contribution in [0.4, 0.5) is 0 Å². The third kappa shape index (κ3) is 3.91. The molecule has 0 bridgehead atoms. The van der Waals surface area contributed by atoms with Gasteiger partial charge in [-0.05, 0) is 36.8 Å². The second kappa shape index (κ2) is 7.08. The van der Waals surface area contributed by atoms with Gasteiger partial charge in [-0.25, -0.2) is 4.98 Å². The highest BCUT2D eigenvalue weighted by Crippen LogP contribution is 2.19. The fourth-order valence-electron chi connectivity index (χ4n) is 1.23. The SMILES string of the molecule is CC.Cc1ccc(Oc2ccc(C#N)cc2)nc1. The molecule has 92 valence electrons. The first-order chi connectivity index (χ1) is 8.78. The smallest absolute Gasteiger partial charge is 0.219 e. The molecule has 1 heterocycles. The van der Waals surface area contributed by atoms with Crippen molar-refractivity contribution < 1.29 is 4.74 Å². The fraction of sp³-hybridized carbons (Fsp3) is 0.200. The van der Waals surface area contributed by atoms with Gasteiger partial charge >= 0.3 is 0 Å². The quantitative estimate of drug-likeness (QED) is 0.794. The zero-order chi connectivity index (χ0) is 13.4. The Hall–Kier alpha value is -2.34. The van der Waals surface area contributed by atoms with Gasteiger partial charge in [0.05, 0.1) is 11.6 Å². The molecule has 0 aliphatic heterocycles. The number of ether oxygens (including phenoxy) is 1. The summed E-state index contributed by atoms with van der Waals surface area (Å²) in [5, 5.41) is 8.65. The number of aryl methyl sites for hydroxylation is 1. The third-order valence-electron chi connectivity index (χ3n) is 2.09. The summed E-state index contributed by atoms with van der Waals surface area (Å²) in [6.45, 7) is 5.97. The summed E-state index contributed by atoms with van der Waals surface area (Å²) in [6, 6.07) is 12.7. The van der Waals surface area contributed by atoms with Crippen molar-refractivity contribution in [3.8, 4) is 17.7 Å². The van der Waals surface area contributed by atoms with Crippen LogP contribution in [0.2, 0.25) is 0 Å². The molecule has 0 saturated carbocycles. The monoisotopic (exact) mass is 240 g/mol. The van der Waals surface area contributed by atoms with Gasteiger partial charge in [0.25, 0.3) is 0 Å². The van der Waals surface area contributed by atoms with E-state index in [1.54, 1.807) is 30.5 Å². The molecule has 0 N–H and O–H groups in total. The highest BCUT2D eigenvalue weighted by molar-refractivity contribution is 5.36. The maximum absolute atomic E-state index is 8.65. The standard InChI is InChI=1S/C13H10N2O.C2H6/c1-10-2-7-13(15-9-10)16-12-5-3-11(8-14)4-6-12;1-2/h2-7,9H,1H3;1-2H3. The summed E-state index contributed by atoms with van der Waals surface area (Å²) in [5.41, 5.74) is 1.70. The zero-order valence-electron chi connectivity index (χ0n) is 10.8. The summed E-state index contributed by atoms with van der Waals surface area (Å²) < 4.78 is 5.51. The topological polar surface area (TPSA) is 45.9 Å². The first-order valence-electron chi connectivity index (χ1n) is 5.88. The highest BCUT2D eigenvalue weighted by Gasteiger charge is 1.98. The number of hydrogen-bond acceptors (Lipinski definition) is 3. The van der Waals surface area contributed by atoms with Crippen molar-refractivity contribution in [3.05, 3.63) is 53.7 Å². The van der Waals surface area contributed by atoms with Crippen molar-refractivity contribution in [1.82, 2.24) is 4.98 Å². The summed E-state index contributed by atoms with van der Waals surface area (Å²) in [7, 11) is 0. The van der Waals surface area contributed by atoms with Crippen molar-refractivity contribution in [2.24, 2.45) is 0 Å². The van der Waals surface area contributed by atoms with E-state index in [0.29, 0.717) is 17.2 Å². The van der Waals surface area contributed by atoms with Crippen LogP contribution in [-0.2, 0) is 0 Å². The molecule has 2 aromatic rings. The molecule has 0 radical (unpaired) electrons. The van der Waals surface area contributed by atoms with E-state index >= 15 is 0 Å². The Labute approximate surface area is 108 Å². The normalized spacial score (nSPS) is 8.78. The van der Waals surface area contributed by atoms with Crippen LogP contribution in [-0.4, -0.2) is 4.98 Å². The van der Waals surface area contributed by atoms with E-state index in [1.165, 1.54) is 0 Å². The third-order valence-corrected chi connectivity index (χ3v) is 2.09. The molecule has 0 aliphatic carbocycles. The van der Waals surface area contributed by atoms with Crippen LogP contribution >= 0.6 is 0 Å². The lowest BCUT2D eigenvalue weighted by molar-refractivity contribution is 0.462. The molecule has 0 spiro atoms. The average molecular weight is 240 g/mol. The van der Waals surface area contributed by atoms with E-state index in [4.69, 9.17) is 10.00 Å². The second-order valence-electron chi connectivity index (χ2n) is 3.41.